The van der Waals surface area contributed by atoms with Gasteiger partial charge < -0.3 is 4.90 Å². The van der Waals surface area contributed by atoms with Crippen LogP contribution in [-0.4, -0.2) is 22.7 Å². The first-order valence-electron chi connectivity index (χ1n) is 6.64. The zero-order valence-corrected chi connectivity index (χ0v) is 11.4. The third kappa shape index (κ3) is 2.31. The molecule has 0 aliphatic carbocycles. The first kappa shape index (κ1) is 13.4. The molecular formula is C16H13FN2O2. The minimum absolute atomic E-state index is 0.143. The highest BCUT2D eigenvalue weighted by Gasteiger charge is 2.33. The number of halogens is 1. The molecule has 3 rings (SSSR count). The van der Waals surface area contributed by atoms with Crippen molar-refractivity contribution in [3.05, 3.63) is 59.7 Å². The van der Waals surface area contributed by atoms with Crippen LogP contribution in [0.1, 0.15) is 34.1 Å². The van der Waals surface area contributed by atoms with E-state index >= 15 is 0 Å². The summed E-state index contributed by atoms with van der Waals surface area (Å²) in [5.41, 5.74) is 1.21. The highest BCUT2D eigenvalue weighted by atomic mass is 19.1. The van der Waals surface area contributed by atoms with E-state index in [1.807, 2.05) is 6.92 Å². The molecule has 2 heterocycles. The second-order valence-electron chi connectivity index (χ2n) is 5.05. The summed E-state index contributed by atoms with van der Waals surface area (Å²) in [6.45, 7) is 1.81. The van der Waals surface area contributed by atoms with Gasteiger partial charge in [0.2, 0.25) is 0 Å². The standard InChI is InChI=1S/C16H13FN2O2/c1-10-8-15(20)13-9-12(17)2-3-14(13)19(10)16(21)11-4-6-18-7-5-11/h2-7,9-10H,8H2,1H3. The Labute approximate surface area is 121 Å². The van der Waals surface area contributed by atoms with Crippen LogP contribution in [0.5, 0.6) is 0 Å². The summed E-state index contributed by atoms with van der Waals surface area (Å²) >= 11 is 0. The van der Waals surface area contributed by atoms with E-state index in [4.69, 9.17) is 0 Å². The number of fused-ring (bicyclic) bond motifs is 1. The van der Waals surface area contributed by atoms with Crippen molar-refractivity contribution < 1.29 is 14.0 Å². The van der Waals surface area contributed by atoms with Crippen LogP contribution in [0.4, 0.5) is 10.1 Å². The number of ketones is 1. The van der Waals surface area contributed by atoms with Gasteiger partial charge in [-0.3, -0.25) is 14.6 Å². The molecule has 1 aromatic heterocycles. The van der Waals surface area contributed by atoms with Gasteiger partial charge in [0, 0.05) is 36.0 Å². The minimum atomic E-state index is -0.479. The summed E-state index contributed by atoms with van der Waals surface area (Å²) < 4.78 is 13.4. The number of carbonyl (C=O) groups excluding carboxylic acids is 2. The Bertz CT molecular complexity index is 715. The van der Waals surface area contributed by atoms with E-state index in [1.54, 1.807) is 29.4 Å². The Morgan fingerprint density at radius 2 is 2.00 bits per heavy atom. The van der Waals surface area contributed by atoms with Crippen molar-refractivity contribution in [2.75, 3.05) is 4.90 Å². The van der Waals surface area contributed by atoms with Crippen LogP contribution in [0.25, 0.3) is 0 Å². The fourth-order valence-electron chi connectivity index (χ4n) is 2.59. The Morgan fingerprint density at radius 1 is 1.29 bits per heavy atom. The maximum Gasteiger partial charge on any atom is 0.258 e. The molecule has 106 valence electrons. The van der Waals surface area contributed by atoms with E-state index in [1.165, 1.54) is 18.2 Å². The van der Waals surface area contributed by atoms with Gasteiger partial charge in [0.1, 0.15) is 5.82 Å². The van der Waals surface area contributed by atoms with Crippen LogP contribution >= 0.6 is 0 Å². The third-order valence-corrected chi connectivity index (χ3v) is 3.59. The Balaban J connectivity index is 2.09. The number of Topliss-reactive ketones (excluding diaryl/α,β-unsaturated/α-hetero) is 1. The summed E-state index contributed by atoms with van der Waals surface area (Å²) in [4.78, 5) is 30.1. The van der Waals surface area contributed by atoms with Gasteiger partial charge >= 0.3 is 0 Å². The largest absolute Gasteiger partial charge is 0.304 e. The number of hydrogen-bond donors (Lipinski definition) is 0. The van der Waals surface area contributed by atoms with Crippen molar-refractivity contribution in [3.63, 3.8) is 0 Å². The molecule has 1 atom stereocenters. The second kappa shape index (κ2) is 5.09. The predicted molar refractivity (Wildman–Crippen MR) is 75.9 cm³/mol. The first-order chi connectivity index (χ1) is 10.1. The molecule has 0 bridgehead atoms. The van der Waals surface area contributed by atoms with E-state index in [2.05, 4.69) is 4.98 Å². The molecule has 1 aliphatic heterocycles. The average Bonchev–Trinajstić information content (AvgIpc) is 2.48. The summed E-state index contributed by atoms with van der Waals surface area (Å²) in [6.07, 6.45) is 3.27. The molecular weight excluding hydrogens is 271 g/mol. The second-order valence-corrected chi connectivity index (χ2v) is 5.05. The van der Waals surface area contributed by atoms with Crippen molar-refractivity contribution in [2.45, 2.75) is 19.4 Å². The maximum absolute atomic E-state index is 13.4. The lowest BCUT2D eigenvalue weighted by Gasteiger charge is -2.34. The Hall–Kier alpha value is -2.56. The Kier molecular flexibility index (Phi) is 3.25. The van der Waals surface area contributed by atoms with Gasteiger partial charge in [-0.25, -0.2) is 4.39 Å². The van der Waals surface area contributed by atoms with Crippen LogP contribution in [0.3, 0.4) is 0 Å². The number of nitrogens with zero attached hydrogens (tertiary/aromatic N) is 2. The predicted octanol–water partition coefficient (Wildman–Crippen LogP) is 2.84. The molecule has 0 saturated carbocycles. The fourth-order valence-corrected chi connectivity index (χ4v) is 2.59. The lowest BCUT2D eigenvalue weighted by Crippen LogP contribution is -2.44. The Morgan fingerprint density at radius 3 is 2.71 bits per heavy atom. The molecule has 2 aromatic rings. The zero-order chi connectivity index (χ0) is 15.0. The highest BCUT2D eigenvalue weighted by molar-refractivity contribution is 6.13. The molecule has 1 aliphatic rings. The van der Waals surface area contributed by atoms with Gasteiger partial charge in [-0.05, 0) is 37.3 Å². The summed E-state index contributed by atoms with van der Waals surface area (Å²) in [7, 11) is 0. The summed E-state index contributed by atoms with van der Waals surface area (Å²) in [6, 6.07) is 6.91. The minimum Gasteiger partial charge on any atom is -0.304 e. The quantitative estimate of drug-likeness (QED) is 0.809. The molecule has 5 heteroatoms. The number of benzene rings is 1. The lowest BCUT2D eigenvalue weighted by atomic mass is 9.94. The van der Waals surface area contributed by atoms with Crippen LogP contribution in [0.2, 0.25) is 0 Å². The lowest BCUT2D eigenvalue weighted by molar-refractivity contribution is 0.0936. The average molecular weight is 284 g/mol. The normalized spacial score (nSPS) is 17.5. The van der Waals surface area contributed by atoms with Crippen LogP contribution in [0.15, 0.2) is 42.7 Å². The van der Waals surface area contributed by atoms with E-state index in [9.17, 15) is 14.0 Å². The van der Waals surface area contributed by atoms with E-state index in [0.717, 1.165) is 0 Å². The molecule has 0 N–H and O–H groups in total. The number of rotatable bonds is 1. The van der Waals surface area contributed by atoms with Crippen molar-refractivity contribution >= 4 is 17.4 Å². The van der Waals surface area contributed by atoms with Crippen LogP contribution < -0.4 is 4.90 Å². The maximum atomic E-state index is 13.4. The van der Waals surface area contributed by atoms with Gasteiger partial charge in [-0.1, -0.05) is 0 Å². The zero-order valence-electron chi connectivity index (χ0n) is 11.4. The van der Waals surface area contributed by atoms with Crippen molar-refractivity contribution in [1.29, 1.82) is 0 Å². The molecule has 0 saturated heterocycles. The molecule has 0 fully saturated rings. The van der Waals surface area contributed by atoms with Gasteiger partial charge in [0.15, 0.2) is 5.78 Å². The van der Waals surface area contributed by atoms with Crippen molar-refractivity contribution in [2.24, 2.45) is 0 Å². The molecule has 1 amide bonds. The van der Waals surface area contributed by atoms with Crippen molar-refractivity contribution in [1.82, 2.24) is 4.98 Å². The number of pyridine rings is 1. The van der Waals surface area contributed by atoms with Gasteiger partial charge in [-0.2, -0.15) is 0 Å². The van der Waals surface area contributed by atoms with E-state index < -0.39 is 5.82 Å². The van der Waals surface area contributed by atoms with Gasteiger partial charge in [-0.15, -0.1) is 0 Å². The van der Waals surface area contributed by atoms with E-state index in [-0.39, 0.29) is 29.7 Å². The molecule has 1 aromatic carbocycles. The SMILES string of the molecule is CC1CC(=O)c2cc(F)ccc2N1C(=O)c1ccncc1. The number of aromatic nitrogens is 1. The summed E-state index contributed by atoms with van der Waals surface area (Å²) in [5, 5.41) is 0. The van der Waals surface area contributed by atoms with Crippen LogP contribution in [0, 0.1) is 5.82 Å². The highest BCUT2D eigenvalue weighted by Crippen LogP contribution is 2.32. The van der Waals surface area contributed by atoms with E-state index in [0.29, 0.717) is 11.3 Å². The first-order valence-corrected chi connectivity index (χ1v) is 6.64. The molecule has 4 nitrogen and oxygen atoms in total. The number of anilines is 1. The molecule has 1 unspecified atom stereocenters. The smallest absolute Gasteiger partial charge is 0.258 e. The monoisotopic (exact) mass is 284 g/mol. The third-order valence-electron chi connectivity index (χ3n) is 3.59. The van der Waals surface area contributed by atoms with Crippen LogP contribution in [-0.2, 0) is 0 Å². The number of hydrogen-bond acceptors (Lipinski definition) is 3. The number of amides is 1. The number of carbonyl (C=O) groups is 2. The molecule has 0 spiro atoms. The fraction of sp³-hybridized carbons (Fsp3) is 0.188. The van der Waals surface area contributed by atoms with Gasteiger partial charge in [0.05, 0.1) is 5.69 Å². The topological polar surface area (TPSA) is 50.3 Å². The molecule has 21 heavy (non-hydrogen) atoms. The molecule has 0 radical (unpaired) electrons. The van der Waals surface area contributed by atoms with Gasteiger partial charge in [0.25, 0.3) is 5.91 Å². The summed E-state index contributed by atoms with van der Waals surface area (Å²) in [5.74, 6) is -0.839. The van der Waals surface area contributed by atoms with Crippen molar-refractivity contribution in [3.8, 4) is 0 Å².